The molecule has 1 rings (SSSR count). The van der Waals surface area contributed by atoms with E-state index in [1.807, 2.05) is 0 Å². The number of hydrogen-bond acceptors (Lipinski definition) is 2. The van der Waals surface area contributed by atoms with Gasteiger partial charge < -0.3 is 4.74 Å². The molecule has 82 valence electrons. The second kappa shape index (κ2) is 3.58. The van der Waals surface area contributed by atoms with Crippen molar-refractivity contribution in [2.75, 3.05) is 6.73 Å². The van der Waals surface area contributed by atoms with Gasteiger partial charge in [-0.1, -0.05) is 41.5 Å². The number of ether oxygens (including phenoxy) is 1. The summed E-state index contributed by atoms with van der Waals surface area (Å²) in [7, 11) is 0. The molecule has 0 radical (unpaired) electrons. The highest BCUT2D eigenvalue weighted by atomic mass is 16.5. The van der Waals surface area contributed by atoms with Gasteiger partial charge in [0.2, 0.25) is 0 Å². The van der Waals surface area contributed by atoms with Crippen LogP contribution in [0.2, 0.25) is 0 Å². The third-order valence-corrected chi connectivity index (χ3v) is 2.52. The van der Waals surface area contributed by atoms with Crippen LogP contribution in [0.25, 0.3) is 0 Å². The van der Waals surface area contributed by atoms with E-state index in [9.17, 15) is 0 Å². The lowest BCUT2D eigenvalue weighted by Gasteiger charge is -2.36. The largest absolute Gasteiger partial charge is 0.482 e. The molecule has 1 aliphatic rings. The van der Waals surface area contributed by atoms with Crippen LogP contribution in [0.1, 0.15) is 41.5 Å². The van der Waals surface area contributed by atoms with Gasteiger partial charge in [-0.25, -0.2) is 0 Å². The van der Waals surface area contributed by atoms with Crippen molar-refractivity contribution in [1.29, 1.82) is 0 Å². The van der Waals surface area contributed by atoms with Gasteiger partial charge in [0.1, 0.15) is 12.5 Å². The second-order valence-electron chi connectivity index (χ2n) is 6.12. The molecule has 0 aliphatic carbocycles. The van der Waals surface area contributed by atoms with Crippen molar-refractivity contribution in [1.82, 2.24) is 5.32 Å². The van der Waals surface area contributed by atoms with Crippen molar-refractivity contribution >= 4 is 0 Å². The molecule has 0 spiro atoms. The Bertz CT molecular complexity index is 230. The molecule has 14 heavy (non-hydrogen) atoms. The summed E-state index contributed by atoms with van der Waals surface area (Å²) in [5, 5.41) is 3.36. The highest BCUT2D eigenvalue weighted by Crippen LogP contribution is 2.31. The van der Waals surface area contributed by atoms with Crippen LogP contribution in [-0.4, -0.2) is 12.8 Å². The molecule has 1 unspecified atom stereocenters. The Balaban J connectivity index is 2.85. The molecule has 0 saturated carbocycles. The lowest BCUT2D eigenvalue weighted by Crippen LogP contribution is -2.44. The van der Waals surface area contributed by atoms with Gasteiger partial charge in [0, 0.05) is 11.5 Å². The van der Waals surface area contributed by atoms with Crippen molar-refractivity contribution in [3.05, 3.63) is 11.8 Å². The first-order valence-corrected chi connectivity index (χ1v) is 5.30. The molecule has 0 amide bonds. The zero-order chi connectivity index (χ0) is 11.0. The van der Waals surface area contributed by atoms with Crippen molar-refractivity contribution in [3.8, 4) is 0 Å². The molecule has 1 atom stereocenters. The summed E-state index contributed by atoms with van der Waals surface area (Å²) in [5.41, 5.74) is 0.367. The molecular formula is C12H23NO. The molecule has 1 N–H and O–H groups in total. The second-order valence-corrected chi connectivity index (χ2v) is 6.12. The van der Waals surface area contributed by atoms with E-state index in [1.165, 1.54) is 0 Å². The Labute approximate surface area is 87.7 Å². The standard InChI is InChI=1S/C12H23NO/c1-11(2,3)9-7-10(12(4,5)6)14-8-13-9/h7,9,13H,8H2,1-6H3. The van der Waals surface area contributed by atoms with Gasteiger partial charge in [-0.15, -0.1) is 0 Å². The fourth-order valence-corrected chi connectivity index (χ4v) is 1.49. The van der Waals surface area contributed by atoms with Crippen LogP contribution in [0.4, 0.5) is 0 Å². The molecular weight excluding hydrogens is 174 g/mol. The lowest BCUT2D eigenvalue weighted by molar-refractivity contribution is 0.0917. The van der Waals surface area contributed by atoms with Crippen molar-refractivity contribution in [2.24, 2.45) is 10.8 Å². The summed E-state index contributed by atoms with van der Waals surface area (Å²) < 4.78 is 5.62. The van der Waals surface area contributed by atoms with Gasteiger partial charge in [0.05, 0.1) is 0 Å². The molecule has 0 fully saturated rings. The van der Waals surface area contributed by atoms with Gasteiger partial charge in [-0.3, -0.25) is 5.32 Å². The predicted octanol–water partition coefficient (Wildman–Crippen LogP) is 2.91. The number of nitrogens with one attached hydrogen (secondary N) is 1. The van der Waals surface area contributed by atoms with Crippen LogP contribution in [0.15, 0.2) is 11.8 Å². The van der Waals surface area contributed by atoms with E-state index in [1.54, 1.807) is 0 Å². The van der Waals surface area contributed by atoms with Crippen molar-refractivity contribution < 1.29 is 4.74 Å². The van der Waals surface area contributed by atoms with E-state index >= 15 is 0 Å². The first-order chi connectivity index (χ1) is 6.21. The molecule has 0 aromatic rings. The lowest BCUT2D eigenvalue weighted by atomic mass is 9.83. The third-order valence-electron chi connectivity index (χ3n) is 2.52. The molecule has 2 nitrogen and oxygen atoms in total. The highest BCUT2D eigenvalue weighted by Gasteiger charge is 2.29. The molecule has 0 saturated heterocycles. The number of rotatable bonds is 0. The van der Waals surface area contributed by atoms with E-state index in [0.717, 1.165) is 5.76 Å². The quantitative estimate of drug-likeness (QED) is 0.644. The van der Waals surface area contributed by atoms with E-state index < -0.39 is 0 Å². The Hall–Kier alpha value is -0.500. The van der Waals surface area contributed by atoms with Gasteiger partial charge in [-0.2, -0.15) is 0 Å². The molecule has 1 heterocycles. The molecule has 0 bridgehead atoms. The third kappa shape index (κ3) is 2.74. The first-order valence-electron chi connectivity index (χ1n) is 5.30. The van der Waals surface area contributed by atoms with Crippen LogP contribution in [0.5, 0.6) is 0 Å². The van der Waals surface area contributed by atoms with Crippen molar-refractivity contribution in [3.63, 3.8) is 0 Å². The summed E-state index contributed by atoms with van der Waals surface area (Å²) in [6.07, 6.45) is 2.23. The average Bonchev–Trinajstić information content (AvgIpc) is 2.01. The maximum atomic E-state index is 5.62. The smallest absolute Gasteiger partial charge is 0.139 e. The topological polar surface area (TPSA) is 21.3 Å². The normalized spacial score (nSPS) is 24.1. The minimum absolute atomic E-state index is 0.117. The monoisotopic (exact) mass is 197 g/mol. The predicted molar refractivity (Wildman–Crippen MR) is 59.9 cm³/mol. The Morgan fingerprint density at radius 3 is 2.21 bits per heavy atom. The summed E-state index contributed by atoms with van der Waals surface area (Å²) in [5.74, 6) is 1.11. The van der Waals surface area contributed by atoms with Gasteiger partial charge in [-0.05, 0) is 11.5 Å². The maximum absolute atomic E-state index is 5.62. The molecule has 0 aromatic carbocycles. The van der Waals surface area contributed by atoms with Crippen LogP contribution in [0, 0.1) is 10.8 Å². The Morgan fingerprint density at radius 2 is 1.79 bits per heavy atom. The van der Waals surface area contributed by atoms with Crippen molar-refractivity contribution in [2.45, 2.75) is 47.6 Å². The van der Waals surface area contributed by atoms with Crippen LogP contribution < -0.4 is 5.32 Å². The first kappa shape index (κ1) is 11.6. The van der Waals surface area contributed by atoms with E-state index in [4.69, 9.17) is 4.74 Å². The molecule has 0 aromatic heterocycles. The summed E-state index contributed by atoms with van der Waals surface area (Å²) in [6, 6.07) is 0.408. The highest BCUT2D eigenvalue weighted by molar-refractivity contribution is 5.12. The summed E-state index contributed by atoms with van der Waals surface area (Å²) >= 11 is 0. The zero-order valence-corrected chi connectivity index (χ0v) is 10.3. The van der Waals surface area contributed by atoms with Crippen LogP contribution >= 0.6 is 0 Å². The number of hydrogen-bond donors (Lipinski definition) is 1. The SMILES string of the molecule is CC(C)(C)C1=CC(C(C)(C)C)NCO1. The van der Waals surface area contributed by atoms with Crippen LogP contribution in [-0.2, 0) is 4.74 Å². The molecule has 2 heteroatoms. The summed E-state index contributed by atoms with van der Waals surface area (Å²) in [4.78, 5) is 0. The average molecular weight is 197 g/mol. The minimum Gasteiger partial charge on any atom is -0.482 e. The fourth-order valence-electron chi connectivity index (χ4n) is 1.49. The van der Waals surface area contributed by atoms with E-state index in [-0.39, 0.29) is 10.8 Å². The van der Waals surface area contributed by atoms with Gasteiger partial charge in [0.15, 0.2) is 0 Å². The van der Waals surface area contributed by atoms with E-state index in [2.05, 4.69) is 52.9 Å². The van der Waals surface area contributed by atoms with Gasteiger partial charge >= 0.3 is 0 Å². The summed E-state index contributed by atoms with van der Waals surface area (Å²) in [6.45, 7) is 13.9. The van der Waals surface area contributed by atoms with E-state index in [0.29, 0.717) is 12.8 Å². The fraction of sp³-hybridized carbons (Fsp3) is 0.833. The Morgan fingerprint density at radius 1 is 1.21 bits per heavy atom. The Kier molecular flexibility index (Phi) is 2.96. The zero-order valence-electron chi connectivity index (χ0n) is 10.3. The number of allylic oxidation sites excluding steroid dienone is 1. The van der Waals surface area contributed by atoms with Crippen LogP contribution in [0.3, 0.4) is 0 Å². The maximum Gasteiger partial charge on any atom is 0.139 e. The van der Waals surface area contributed by atoms with Gasteiger partial charge in [0.25, 0.3) is 0 Å². The molecule has 1 aliphatic heterocycles. The minimum atomic E-state index is 0.117.